The van der Waals surface area contributed by atoms with Gasteiger partial charge in [-0.05, 0) is 0 Å². The molecule has 0 aromatic heterocycles. The molecule has 0 atom stereocenters. The molecule has 13 nitrogen and oxygen atoms in total. The summed E-state index contributed by atoms with van der Waals surface area (Å²) in [6, 6.07) is 0. The van der Waals surface area contributed by atoms with Gasteiger partial charge in [0.25, 0.3) is 6.67 Å². The minimum absolute atomic E-state index is 0.982. The van der Waals surface area contributed by atoms with Gasteiger partial charge in [0, 0.05) is 4.92 Å². The largest absolute Gasteiger partial charge is 0.712 e. The van der Waals surface area contributed by atoms with E-state index < -0.39 is 38.7 Å². The molecular formula is C3H5N5O8. The minimum Gasteiger partial charge on any atom is -0.263 e. The molecule has 0 saturated heterocycles. The van der Waals surface area contributed by atoms with E-state index in [-0.39, 0.29) is 0 Å². The highest BCUT2D eigenvalue weighted by atomic mass is 16.7. The fraction of sp³-hybridized carbons (Fsp3) is 1.00. The molecular weight excluding hydrogens is 234 g/mol. The summed E-state index contributed by atoms with van der Waals surface area (Å²) in [5.74, 6) is -3.71. The molecule has 0 aromatic rings. The molecule has 0 saturated carbocycles. The van der Waals surface area contributed by atoms with E-state index in [1.165, 1.54) is 0 Å². The van der Waals surface area contributed by atoms with Crippen molar-refractivity contribution in [3.05, 3.63) is 40.5 Å². The summed E-state index contributed by atoms with van der Waals surface area (Å²) in [7, 11) is 0. The Bertz CT molecular complexity index is 303. The lowest BCUT2D eigenvalue weighted by Gasteiger charge is -2.07. The van der Waals surface area contributed by atoms with Crippen molar-refractivity contribution in [1.82, 2.24) is 5.32 Å². The average molecular weight is 239 g/mol. The lowest BCUT2D eigenvalue weighted by molar-refractivity contribution is -0.966. The van der Waals surface area contributed by atoms with Crippen LogP contribution in [0.5, 0.6) is 0 Å². The molecule has 16 heavy (non-hydrogen) atoms. The Morgan fingerprint density at radius 1 is 0.875 bits per heavy atom. The molecule has 0 fully saturated rings. The van der Waals surface area contributed by atoms with Crippen LogP contribution in [0.1, 0.15) is 0 Å². The first kappa shape index (κ1) is 13.6. The van der Waals surface area contributed by atoms with Crippen LogP contribution in [0, 0.1) is 40.5 Å². The first-order valence-electron chi connectivity index (χ1n) is 3.51. The number of nitro groups is 4. The van der Waals surface area contributed by atoms with Crippen LogP contribution in [-0.4, -0.2) is 38.7 Å². The van der Waals surface area contributed by atoms with Crippen LogP contribution in [0.4, 0.5) is 0 Å². The topological polar surface area (TPSA) is 185 Å². The van der Waals surface area contributed by atoms with E-state index in [1.54, 1.807) is 5.32 Å². The van der Waals surface area contributed by atoms with Crippen molar-refractivity contribution in [3.8, 4) is 0 Å². The smallest absolute Gasteiger partial charge is 0.263 e. The quantitative estimate of drug-likeness (QED) is 0.306. The molecule has 0 aliphatic heterocycles. The maximum atomic E-state index is 10.3. The van der Waals surface area contributed by atoms with Gasteiger partial charge in [0.05, 0.1) is 0 Å². The summed E-state index contributed by atoms with van der Waals surface area (Å²) in [6.45, 7) is -2.45. The second-order valence-corrected chi connectivity index (χ2v) is 2.46. The maximum Gasteiger partial charge on any atom is 0.712 e. The van der Waals surface area contributed by atoms with Gasteiger partial charge < -0.3 is 0 Å². The highest BCUT2D eigenvalue weighted by Crippen LogP contribution is 2.10. The third-order valence-electron chi connectivity index (χ3n) is 1.48. The standard InChI is InChI=1S/C3H5N5O8/c9-5(10)2-4-1-3(6(11)12,7(13)14)8(15)16/h4H,1-2H2. The molecule has 0 rings (SSSR count). The Balaban J connectivity index is 4.92. The van der Waals surface area contributed by atoms with Crippen molar-refractivity contribution < 1.29 is 19.7 Å². The first-order valence-corrected chi connectivity index (χ1v) is 3.51. The Morgan fingerprint density at radius 2 is 1.25 bits per heavy atom. The molecule has 0 heterocycles. The summed E-state index contributed by atoms with van der Waals surface area (Å²) in [4.78, 5) is 34.6. The van der Waals surface area contributed by atoms with E-state index in [0.717, 1.165) is 0 Å². The summed E-state index contributed by atoms with van der Waals surface area (Å²) >= 11 is 0. The molecule has 0 aromatic carbocycles. The third-order valence-corrected chi connectivity index (χ3v) is 1.48. The Kier molecular flexibility index (Phi) is 4.13. The summed E-state index contributed by atoms with van der Waals surface area (Å²) < 4.78 is 0. The number of nitrogens with one attached hydrogen (secondary N) is 1. The SMILES string of the molecule is O=[N+]([O-])CNCC([N+](=O)[O-])([N+](=O)[O-])[N+](=O)[O-]. The lowest BCUT2D eigenvalue weighted by atomic mass is 10.4. The van der Waals surface area contributed by atoms with Crippen molar-refractivity contribution >= 4 is 0 Å². The Morgan fingerprint density at radius 3 is 1.50 bits per heavy atom. The highest BCUT2D eigenvalue weighted by molar-refractivity contribution is 4.56. The van der Waals surface area contributed by atoms with Gasteiger partial charge in [0.2, 0.25) is 6.54 Å². The molecule has 1 N–H and O–H groups in total. The second-order valence-electron chi connectivity index (χ2n) is 2.46. The normalized spacial score (nSPS) is 10.8. The molecule has 0 aliphatic rings. The van der Waals surface area contributed by atoms with E-state index >= 15 is 0 Å². The molecule has 0 spiro atoms. The lowest BCUT2D eigenvalue weighted by Crippen LogP contribution is -2.59. The Labute approximate surface area is 85.6 Å². The van der Waals surface area contributed by atoms with E-state index in [2.05, 4.69) is 0 Å². The zero-order chi connectivity index (χ0) is 12.9. The van der Waals surface area contributed by atoms with E-state index in [9.17, 15) is 40.5 Å². The van der Waals surface area contributed by atoms with Crippen LogP contribution in [0.2, 0.25) is 0 Å². The van der Waals surface area contributed by atoms with E-state index in [0.29, 0.717) is 0 Å². The fourth-order valence-electron chi connectivity index (χ4n) is 0.709. The maximum absolute atomic E-state index is 10.3. The van der Waals surface area contributed by atoms with Gasteiger partial charge in [-0.15, -0.1) is 0 Å². The number of hydrogen-bond donors (Lipinski definition) is 1. The zero-order valence-electron chi connectivity index (χ0n) is 7.47. The minimum atomic E-state index is -3.71. The van der Waals surface area contributed by atoms with Gasteiger partial charge in [0.15, 0.2) is 14.8 Å². The van der Waals surface area contributed by atoms with Gasteiger partial charge in [-0.25, -0.2) is 5.32 Å². The summed E-state index contributed by atoms with van der Waals surface area (Å²) in [5.41, 5.74) is 0. The number of hydrogen-bond acceptors (Lipinski definition) is 9. The van der Waals surface area contributed by atoms with Crippen LogP contribution in [0.25, 0.3) is 0 Å². The van der Waals surface area contributed by atoms with E-state index in [1.807, 2.05) is 0 Å². The molecule has 13 heteroatoms. The van der Waals surface area contributed by atoms with Crippen LogP contribution in [0.3, 0.4) is 0 Å². The van der Waals surface area contributed by atoms with Gasteiger partial charge >= 0.3 is 5.79 Å². The zero-order valence-corrected chi connectivity index (χ0v) is 7.47. The van der Waals surface area contributed by atoms with Crippen molar-refractivity contribution in [2.45, 2.75) is 5.79 Å². The average Bonchev–Trinajstić information content (AvgIpc) is 2.09. The molecule has 0 radical (unpaired) electrons. The summed E-state index contributed by atoms with van der Waals surface area (Å²) in [6.07, 6.45) is 0. The second kappa shape index (κ2) is 4.87. The highest BCUT2D eigenvalue weighted by Gasteiger charge is 2.70. The van der Waals surface area contributed by atoms with Crippen LogP contribution >= 0.6 is 0 Å². The monoisotopic (exact) mass is 239 g/mol. The fourth-order valence-corrected chi connectivity index (χ4v) is 0.709. The van der Waals surface area contributed by atoms with Gasteiger partial charge in [-0.3, -0.25) is 40.5 Å². The van der Waals surface area contributed by atoms with Gasteiger partial charge in [-0.2, -0.15) is 0 Å². The predicted molar refractivity (Wildman–Crippen MR) is 43.6 cm³/mol. The first-order chi connectivity index (χ1) is 7.25. The third kappa shape index (κ3) is 2.53. The molecule has 0 unspecified atom stereocenters. The van der Waals surface area contributed by atoms with Crippen molar-refractivity contribution in [3.63, 3.8) is 0 Å². The molecule has 0 amide bonds. The molecule has 0 bridgehead atoms. The van der Waals surface area contributed by atoms with Crippen molar-refractivity contribution in [2.75, 3.05) is 13.2 Å². The summed E-state index contributed by atoms with van der Waals surface area (Å²) in [5, 5.41) is 42.4. The van der Waals surface area contributed by atoms with Crippen molar-refractivity contribution in [1.29, 1.82) is 0 Å². The predicted octanol–water partition coefficient (Wildman–Crippen LogP) is -1.71. The Hall–Kier alpha value is -2.44. The molecule has 90 valence electrons. The van der Waals surface area contributed by atoms with Crippen LogP contribution < -0.4 is 5.32 Å². The van der Waals surface area contributed by atoms with Gasteiger partial charge in [-0.1, -0.05) is 0 Å². The van der Waals surface area contributed by atoms with Crippen LogP contribution in [0.15, 0.2) is 0 Å². The molecule has 0 aliphatic carbocycles. The van der Waals surface area contributed by atoms with Crippen molar-refractivity contribution in [2.24, 2.45) is 0 Å². The van der Waals surface area contributed by atoms with Gasteiger partial charge in [0.1, 0.15) is 0 Å². The van der Waals surface area contributed by atoms with Crippen LogP contribution in [-0.2, 0) is 0 Å². The van der Waals surface area contributed by atoms with E-state index in [4.69, 9.17) is 0 Å². The number of rotatable bonds is 7. The number of nitrogens with zero attached hydrogens (tertiary/aromatic N) is 4.